The summed E-state index contributed by atoms with van der Waals surface area (Å²) in [6.45, 7) is 6.02. The maximum atomic E-state index is 6.11. The van der Waals surface area contributed by atoms with Crippen LogP contribution in [0.5, 0.6) is 0 Å². The second kappa shape index (κ2) is 6.65. The van der Waals surface area contributed by atoms with Crippen molar-refractivity contribution >= 4 is 23.4 Å². The molecule has 1 nitrogen and oxygen atoms in total. The fourth-order valence-electron chi connectivity index (χ4n) is 2.33. The van der Waals surface area contributed by atoms with Gasteiger partial charge in [0.15, 0.2) is 0 Å². The van der Waals surface area contributed by atoms with E-state index < -0.39 is 0 Å². The Hall–Kier alpha value is -0.440. The van der Waals surface area contributed by atoms with Gasteiger partial charge < -0.3 is 5.32 Å². The summed E-state index contributed by atoms with van der Waals surface area (Å²) in [6, 6.07) is 7.20. The van der Waals surface area contributed by atoms with E-state index in [4.69, 9.17) is 11.6 Å². The van der Waals surface area contributed by atoms with Gasteiger partial charge in [-0.15, -0.1) is 18.3 Å². The van der Waals surface area contributed by atoms with Crippen molar-refractivity contribution in [1.29, 1.82) is 0 Å². The minimum Gasteiger partial charge on any atom is -0.307 e. The van der Waals surface area contributed by atoms with Crippen LogP contribution >= 0.6 is 23.4 Å². The summed E-state index contributed by atoms with van der Waals surface area (Å²) in [5.41, 5.74) is 1.37. The van der Waals surface area contributed by atoms with E-state index in [2.05, 4.69) is 31.0 Å². The first-order valence-electron chi connectivity index (χ1n) is 6.50. The fraction of sp³-hybridized carbons (Fsp3) is 0.467. The molecule has 1 heterocycles. The molecule has 0 amide bonds. The summed E-state index contributed by atoms with van der Waals surface area (Å²) >= 11 is 8.04. The van der Waals surface area contributed by atoms with Crippen LogP contribution < -0.4 is 5.32 Å². The number of thioether (sulfide) groups is 1. The molecule has 2 unspecified atom stereocenters. The topological polar surface area (TPSA) is 12.0 Å². The zero-order valence-corrected chi connectivity index (χ0v) is 12.4. The smallest absolute Gasteiger partial charge is 0.0410 e. The quantitative estimate of drug-likeness (QED) is 0.777. The van der Waals surface area contributed by atoms with Gasteiger partial charge in [0.2, 0.25) is 0 Å². The number of benzene rings is 1. The summed E-state index contributed by atoms with van der Waals surface area (Å²) < 4.78 is 0. The van der Waals surface area contributed by atoms with Crippen molar-refractivity contribution in [1.82, 2.24) is 5.32 Å². The van der Waals surface area contributed by atoms with Crippen LogP contribution in [0.15, 0.2) is 35.7 Å². The van der Waals surface area contributed by atoms with Crippen molar-refractivity contribution in [2.24, 2.45) is 0 Å². The van der Waals surface area contributed by atoms with Crippen LogP contribution in [0.4, 0.5) is 0 Å². The van der Waals surface area contributed by atoms with Gasteiger partial charge in [-0.05, 0) is 55.7 Å². The standard InChI is InChI=1S/C15H20ClNS/c1-3-4-5-11(2)17-14-8-9-18-15-7-6-12(16)10-13(14)15/h3,6-7,10-11,14,17H,1,4-5,8-9H2,2H3. The molecule has 0 aliphatic carbocycles. The van der Waals surface area contributed by atoms with Gasteiger partial charge in [-0.3, -0.25) is 0 Å². The Balaban J connectivity index is 2.07. The lowest BCUT2D eigenvalue weighted by Gasteiger charge is -2.29. The highest BCUT2D eigenvalue weighted by molar-refractivity contribution is 7.99. The third-order valence-corrected chi connectivity index (χ3v) is 4.66. The van der Waals surface area contributed by atoms with Crippen LogP contribution in [-0.4, -0.2) is 11.8 Å². The molecule has 18 heavy (non-hydrogen) atoms. The molecule has 0 aromatic heterocycles. The average Bonchev–Trinajstić information content (AvgIpc) is 2.37. The molecule has 98 valence electrons. The van der Waals surface area contributed by atoms with E-state index >= 15 is 0 Å². The maximum absolute atomic E-state index is 6.11. The Morgan fingerprint density at radius 3 is 3.22 bits per heavy atom. The summed E-state index contributed by atoms with van der Waals surface area (Å²) in [6.07, 6.45) is 5.37. The molecule has 1 aliphatic heterocycles. The molecule has 0 saturated carbocycles. The van der Waals surface area contributed by atoms with Crippen LogP contribution in [0.1, 0.15) is 37.8 Å². The number of hydrogen-bond acceptors (Lipinski definition) is 2. The van der Waals surface area contributed by atoms with E-state index in [1.807, 2.05) is 23.9 Å². The maximum Gasteiger partial charge on any atom is 0.0410 e. The summed E-state index contributed by atoms with van der Waals surface area (Å²) in [4.78, 5) is 1.37. The number of halogens is 1. The Bertz CT molecular complexity index is 419. The minimum atomic E-state index is 0.444. The monoisotopic (exact) mass is 281 g/mol. The van der Waals surface area contributed by atoms with Crippen molar-refractivity contribution in [3.05, 3.63) is 41.4 Å². The van der Waals surface area contributed by atoms with E-state index in [9.17, 15) is 0 Å². The Morgan fingerprint density at radius 2 is 2.44 bits per heavy atom. The van der Waals surface area contributed by atoms with E-state index in [0.29, 0.717) is 12.1 Å². The van der Waals surface area contributed by atoms with Crippen molar-refractivity contribution in [2.75, 3.05) is 5.75 Å². The fourth-order valence-corrected chi connectivity index (χ4v) is 3.62. The highest BCUT2D eigenvalue weighted by Crippen LogP contribution is 2.37. The third-order valence-electron chi connectivity index (χ3n) is 3.30. The molecule has 1 aromatic rings. The number of nitrogens with one attached hydrogen (secondary N) is 1. The average molecular weight is 282 g/mol. The number of hydrogen-bond donors (Lipinski definition) is 1. The lowest BCUT2D eigenvalue weighted by Crippen LogP contribution is -2.32. The van der Waals surface area contributed by atoms with Gasteiger partial charge in [-0.25, -0.2) is 0 Å². The molecular weight excluding hydrogens is 262 g/mol. The molecule has 2 atom stereocenters. The van der Waals surface area contributed by atoms with Crippen LogP contribution in [0.3, 0.4) is 0 Å². The van der Waals surface area contributed by atoms with Gasteiger partial charge in [0, 0.05) is 22.0 Å². The van der Waals surface area contributed by atoms with E-state index in [0.717, 1.165) is 17.9 Å². The number of allylic oxidation sites excluding steroid dienone is 1. The summed E-state index contributed by atoms with van der Waals surface area (Å²) in [5, 5.41) is 4.55. The Kier molecular flexibility index (Phi) is 5.16. The largest absolute Gasteiger partial charge is 0.307 e. The number of rotatable bonds is 5. The first kappa shape index (κ1) is 14.0. The first-order chi connectivity index (χ1) is 8.70. The predicted molar refractivity (Wildman–Crippen MR) is 81.6 cm³/mol. The Labute approximate surface area is 119 Å². The van der Waals surface area contributed by atoms with Gasteiger partial charge in [-0.1, -0.05) is 17.7 Å². The molecule has 1 aliphatic rings. The highest BCUT2D eigenvalue weighted by atomic mass is 35.5. The molecule has 1 N–H and O–H groups in total. The molecular formula is C15H20ClNS. The summed E-state index contributed by atoms with van der Waals surface area (Å²) in [5.74, 6) is 1.18. The van der Waals surface area contributed by atoms with Gasteiger partial charge in [0.25, 0.3) is 0 Å². The van der Waals surface area contributed by atoms with Gasteiger partial charge in [0.05, 0.1) is 0 Å². The van der Waals surface area contributed by atoms with Crippen molar-refractivity contribution in [3.63, 3.8) is 0 Å². The number of fused-ring (bicyclic) bond motifs is 1. The highest BCUT2D eigenvalue weighted by Gasteiger charge is 2.21. The molecule has 3 heteroatoms. The van der Waals surface area contributed by atoms with Crippen molar-refractivity contribution < 1.29 is 0 Å². The molecule has 0 radical (unpaired) electrons. The predicted octanol–water partition coefficient (Wildman–Crippen LogP) is 4.82. The molecule has 2 rings (SSSR count). The first-order valence-corrected chi connectivity index (χ1v) is 7.86. The van der Waals surface area contributed by atoms with Gasteiger partial charge in [0.1, 0.15) is 0 Å². The van der Waals surface area contributed by atoms with E-state index in [1.54, 1.807) is 0 Å². The molecule has 1 aromatic carbocycles. The van der Waals surface area contributed by atoms with Gasteiger partial charge in [-0.2, -0.15) is 0 Å². The third kappa shape index (κ3) is 3.53. The van der Waals surface area contributed by atoms with Crippen molar-refractivity contribution in [2.45, 2.75) is 43.2 Å². The SMILES string of the molecule is C=CCCC(C)NC1CCSc2ccc(Cl)cc21. The Morgan fingerprint density at radius 1 is 1.61 bits per heavy atom. The lowest BCUT2D eigenvalue weighted by molar-refractivity contribution is 0.424. The minimum absolute atomic E-state index is 0.444. The van der Waals surface area contributed by atoms with E-state index in [-0.39, 0.29) is 0 Å². The van der Waals surface area contributed by atoms with E-state index in [1.165, 1.54) is 22.6 Å². The summed E-state index contributed by atoms with van der Waals surface area (Å²) in [7, 11) is 0. The molecule has 0 saturated heterocycles. The zero-order valence-electron chi connectivity index (χ0n) is 10.8. The second-order valence-electron chi connectivity index (χ2n) is 4.81. The molecule has 0 spiro atoms. The second-order valence-corrected chi connectivity index (χ2v) is 6.38. The van der Waals surface area contributed by atoms with Crippen LogP contribution in [-0.2, 0) is 0 Å². The molecule has 0 fully saturated rings. The molecule has 0 bridgehead atoms. The lowest BCUT2D eigenvalue weighted by atomic mass is 10.0. The van der Waals surface area contributed by atoms with Gasteiger partial charge >= 0.3 is 0 Å². The van der Waals surface area contributed by atoms with Crippen molar-refractivity contribution in [3.8, 4) is 0 Å². The normalized spacial score (nSPS) is 20.2. The van der Waals surface area contributed by atoms with Crippen LogP contribution in [0.2, 0.25) is 5.02 Å². The van der Waals surface area contributed by atoms with Crippen LogP contribution in [0, 0.1) is 0 Å². The zero-order chi connectivity index (χ0) is 13.0. The van der Waals surface area contributed by atoms with Crippen LogP contribution in [0.25, 0.3) is 0 Å².